The van der Waals surface area contributed by atoms with Gasteiger partial charge in [-0.2, -0.15) is 0 Å². The number of hydrogen-bond donors (Lipinski definition) is 1. The number of ether oxygens (including phenoxy) is 5. The molecule has 5 aromatic carbocycles. The second-order valence-electron chi connectivity index (χ2n) is 16.8. The molecule has 9 rings (SSSR count). The van der Waals surface area contributed by atoms with Gasteiger partial charge in [0.05, 0.1) is 70.1 Å². The Labute approximate surface area is 383 Å². The molecule has 12 heteroatoms. The number of carbonyl (C=O) groups is 4. The van der Waals surface area contributed by atoms with Crippen LogP contribution in [0.15, 0.2) is 115 Å². The van der Waals surface area contributed by atoms with Gasteiger partial charge in [0.25, 0.3) is 0 Å². The van der Waals surface area contributed by atoms with E-state index in [1.807, 2.05) is 98.0 Å². The molecule has 0 aromatic heterocycles. The van der Waals surface area contributed by atoms with E-state index in [1.165, 1.54) is 15.9 Å². The highest BCUT2D eigenvalue weighted by Gasteiger charge is 2.62. The molecule has 0 radical (unpaired) electrons. The summed E-state index contributed by atoms with van der Waals surface area (Å²) in [6, 6.07) is 30.5. The maximum Gasteiger partial charge on any atom is 0.238 e. The van der Waals surface area contributed by atoms with E-state index in [2.05, 4.69) is 0 Å². The lowest BCUT2D eigenvalue weighted by Gasteiger charge is -2.44. The molecule has 4 amide bonds. The summed E-state index contributed by atoms with van der Waals surface area (Å²) in [4.78, 5) is 61.1. The monoisotopic (exact) mass is 886 g/mol. The fourth-order valence-corrected chi connectivity index (χ4v) is 10.2. The van der Waals surface area contributed by atoms with Gasteiger partial charge < -0.3 is 28.8 Å². The smallest absolute Gasteiger partial charge is 0.238 e. The van der Waals surface area contributed by atoms with Gasteiger partial charge in [0.15, 0.2) is 11.5 Å². The average Bonchev–Trinajstić information content (AvgIpc) is 3.75. The molecule has 0 spiro atoms. The van der Waals surface area contributed by atoms with Crippen molar-refractivity contribution in [3.05, 3.63) is 143 Å². The van der Waals surface area contributed by atoms with E-state index in [4.69, 9.17) is 23.7 Å². The van der Waals surface area contributed by atoms with Crippen LogP contribution in [0.3, 0.4) is 0 Å². The molecule has 2 saturated heterocycles. The Morgan fingerprint density at radius 1 is 0.561 bits per heavy atom. The van der Waals surface area contributed by atoms with E-state index < -0.39 is 35.5 Å². The van der Waals surface area contributed by atoms with Crippen LogP contribution >= 0.6 is 0 Å². The molecule has 66 heavy (non-hydrogen) atoms. The topological polar surface area (TPSA) is 141 Å². The van der Waals surface area contributed by atoms with Gasteiger partial charge in [0, 0.05) is 17.0 Å². The largest absolute Gasteiger partial charge is 0.504 e. The van der Waals surface area contributed by atoms with Gasteiger partial charge in [-0.15, -0.1) is 0 Å². The fraction of sp³-hybridized carbons (Fsp3) is 0.259. The molecule has 1 N–H and O–H groups in total. The van der Waals surface area contributed by atoms with E-state index in [0.717, 1.165) is 27.8 Å². The SMILES string of the molecule is CCOc1cc([C@H]2C3=CC[C@@H]4C(=O)N(c5ccc(C=Cc6cc(OC)ccc6OC)cc5)C(=O)[C@@H]4[C@@H]3C[C@H]3C(=O)N(c4ccc(C=Cc5cc(OC)ccc5OC)cc4)C(=O)[C@@H]23)ccc1O. The van der Waals surface area contributed by atoms with Crippen LogP contribution in [0.25, 0.3) is 24.3 Å². The van der Waals surface area contributed by atoms with Crippen molar-refractivity contribution in [2.45, 2.75) is 25.7 Å². The second kappa shape index (κ2) is 18.1. The number of nitrogens with zero attached hydrogens (tertiary/aromatic N) is 2. The zero-order valence-electron chi connectivity index (χ0n) is 37.3. The Morgan fingerprint density at radius 3 is 1.61 bits per heavy atom. The van der Waals surface area contributed by atoms with Crippen LogP contribution in [0, 0.1) is 29.6 Å². The maximum absolute atomic E-state index is 14.8. The van der Waals surface area contributed by atoms with Crippen molar-refractivity contribution in [1.29, 1.82) is 0 Å². The number of aromatic hydroxyl groups is 1. The first-order valence-electron chi connectivity index (χ1n) is 22.0. The molecular formula is C54H50N2O10. The summed E-state index contributed by atoms with van der Waals surface area (Å²) in [6.07, 6.45) is 10.2. The van der Waals surface area contributed by atoms with Crippen LogP contribution in [0.4, 0.5) is 11.4 Å². The lowest BCUT2D eigenvalue weighted by molar-refractivity contribution is -0.126. The van der Waals surface area contributed by atoms with Gasteiger partial charge in [-0.3, -0.25) is 29.0 Å². The number of phenolic OH excluding ortho intramolecular Hbond substituents is 1. The van der Waals surface area contributed by atoms with E-state index in [9.17, 15) is 24.3 Å². The van der Waals surface area contributed by atoms with Gasteiger partial charge in [0.2, 0.25) is 23.6 Å². The van der Waals surface area contributed by atoms with E-state index >= 15 is 0 Å². The number of phenols is 1. The third-order valence-electron chi connectivity index (χ3n) is 13.4. The Kier molecular flexibility index (Phi) is 12.0. The number of benzene rings is 5. The molecule has 6 atom stereocenters. The number of carbonyl (C=O) groups excluding carboxylic acids is 4. The Balaban J connectivity index is 1.01. The predicted molar refractivity (Wildman–Crippen MR) is 252 cm³/mol. The first kappa shape index (κ1) is 43.6. The third-order valence-corrected chi connectivity index (χ3v) is 13.4. The molecule has 2 aliphatic heterocycles. The molecule has 0 unspecified atom stereocenters. The zero-order valence-corrected chi connectivity index (χ0v) is 37.3. The molecule has 1 saturated carbocycles. The minimum atomic E-state index is -0.795. The first-order valence-corrected chi connectivity index (χ1v) is 22.0. The minimum Gasteiger partial charge on any atom is -0.504 e. The van der Waals surface area contributed by atoms with Gasteiger partial charge in [-0.1, -0.05) is 66.3 Å². The normalized spacial score (nSPS) is 22.3. The summed E-state index contributed by atoms with van der Waals surface area (Å²) in [5.41, 5.74) is 5.75. The van der Waals surface area contributed by atoms with Gasteiger partial charge in [-0.05, 0) is 115 Å². The van der Waals surface area contributed by atoms with Crippen LogP contribution in [-0.4, -0.2) is 63.8 Å². The van der Waals surface area contributed by atoms with Gasteiger partial charge in [-0.25, -0.2) is 0 Å². The number of methoxy groups -OCH3 is 4. The van der Waals surface area contributed by atoms with Gasteiger partial charge >= 0.3 is 0 Å². The van der Waals surface area contributed by atoms with E-state index in [1.54, 1.807) is 64.8 Å². The highest BCUT2D eigenvalue weighted by atomic mass is 16.5. The van der Waals surface area contributed by atoms with Crippen LogP contribution in [-0.2, 0) is 19.2 Å². The van der Waals surface area contributed by atoms with Crippen LogP contribution < -0.4 is 33.5 Å². The summed E-state index contributed by atoms with van der Waals surface area (Å²) in [7, 11) is 6.41. The lowest BCUT2D eigenvalue weighted by Crippen LogP contribution is -2.43. The standard InChI is InChI=1S/C54H50N2O10/c1-6-66-47-29-35(15-24-44(47)57)48-40-22-23-41-49(53(60)55(51(41)58)36-16-9-31(10-17-36)7-13-33-27-38(62-2)20-25-45(33)64-4)42(40)30-43-50(48)54(61)56(52(43)59)37-18-11-32(12-19-37)8-14-34-28-39(63-3)21-26-46(34)65-5/h7-22,24-29,41-43,48-50,57H,6,23,30H2,1-5H3/t41-,42+,43+,48-,49-,50+/m0/s1. The van der Waals surface area contributed by atoms with Crippen molar-refractivity contribution in [2.24, 2.45) is 29.6 Å². The molecule has 5 aromatic rings. The minimum absolute atomic E-state index is 0.0506. The number of anilines is 2. The van der Waals surface area contributed by atoms with Crippen molar-refractivity contribution >= 4 is 59.3 Å². The highest BCUT2D eigenvalue weighted by Crippen LogP contribution is 2.59. The van der Waals surface area contributed by atoms with E-state index in [0.29, 0.717) is 53.0 Å². The van der Waals surface area contributed by atoms with Crippen molar-refractivity contribution in [3.8, 4) is 34.5 Å². The van der Waals surface area contributed by atoms with Gasteiger partial charge in [0.1, 0.15) is 23.0 Å². The molecule has 336 valence electrons. The average molecular weight is 887 g/mol. The number of allylic oxidation sites excluding steroid dienone is 2. The Hall–Kier alpha value is -7.60. The van der Waals surface area contributed by atoms with Crippen LogP contribution in [0.2, 0.25) is 0 Å². The number of rotatable bonds is 13. The van der Waals surface area contributed by atoms with Crippen LogP contribution in [0.5, 0.6) is 34.5 Å². The third kappa shape index (κ3) is 7.76. The molecule has 2 aliphatic carbocycles. The summed E-state index contributed by atoms with van der Waals surface area (Å²) in [5.74, 6) is -2.44. The summed E-state index contributed by atoms with van der Waals surface area (Å²) in [5, 5.41) is 10.7. The lowest BCUT2D eigenvalue weighted by atomic mass is 9.57. The van der Waals surface area contributed by atoms with Crippen molar-refractivity contribution in [1.82, 2.24) is 0 Å². The summed E-state index contributed by atoms with van der Waals surface area (Å²) < 4.78 is 27.6. The number of fused-ring (bicyclic) bond motifs is 4. The highest BCUT2D eigenvalue weighted by molar-refractivity contribution is 6.24. The molecule has 2 heterocycles. The molecule has 3 fully saturated rings. The van der Waals surface area contributed by atoms with Crippen molar-refractivity contribution < 1.29 is 48.0 Å². The Bertz CT molecular complexity index is 2810. The van der Waals surface area contributed by atoms with E-state index in [-0.39, 0.29) is 41.5 Å². The number of amides is 4. The summed E-state index contributed by atoms with van der Waals surface area (Å²) in [6.45, 7) is 2.11. The fourth-order valence-electron chi connectivity index (χ4n) is 10.2. The summed E-state index contributed by atoms with van der Waals surface area (Å²) >= 11 is 0. The molecular weight excluding hydrogens is 837 g/mol. The second-order valence-corrected chi connectivity index (χ2v) is 16.8. The zero-order chi connectivity index (χ0) is 46.2. The van der Waals surface area contributed by atoms with Crippen molar-refractivity contribution in [2.75, 3.05) is 44.8 Å². The molecule has 4 aliphatic rings. The van der Waals surface area contributed by atoms with Crippen LogP contribution in [0.1, 0.15) is 53.5 Å². The Morgan fingerprint density at radius 2 is 1.09 bits per heavy atom. The predicted octanol–water partition coefficient (Wildman–Crippen LogP) is 9.21. The molecule has 0 bridgehead atoms. The number of imide groups is 2. The van der Waals surface area contributed by atoms with Crippen molar-refractivity contribution in [3.63, 3.8) is 0 Å². The molecule has 12 nitrogen and oxygen atoms in total. The quantitative estimate of drug-likeness (QED) is 0.0691. The maximum atomic E-state index is 14.8. The first-order chi connectivity index (χ1) is 32.1. The number of hydrogen-bond acceptors (Lipinski definition) is 10.